The first-order chi connectivity index (χ1) is 11.5. The molecule has 24 heavy (non-hydrogen) atoms. The summed E-state index contributed by atoms with van der Waals surface area (Å²) in [7, 11) is 4.46. The van der Waals surface area contributed by atoms with Gasteiger partial charge in [-0.1, -0.05) is 0 Å². The Morgan fingerprint density at radius 3 is 2.21 bits per heavy atom. The van der Waals surface area contributed by atoms with E-state index in [9.17, 15) is 9.90 Å². The number of carboxylic acid groups (broad SMARTS) is 1. The van der Waals surface area contributed by atoms with Gasteiger partial charge in [-0.05, 0) is 35.5 Å². The van der Waals surface area contributed by atoms with Crippen molar-refractivity contribution in [2.45, 2.75) is 12.1 Å². The predicted molar refractivity (Wildman–Crippen MR) is 86.6 cm³/mol. The number of carbonyl (C=O) groups is 1. The maximum absolute atomic E-state index is 11.5. The highest BCUT2D eigenvalue weighted by Crippen LogP contribution is 2.39. The minimum Gasteiger partial charge on any atom is -0.493 e. The third-order valence-corrected chi connectivity index (χ3v) is 3.75. The molecule has 0 unspecified atom stereocenters. The molecule has 0 aliphatic carbocycles. The number of thioether (sulfide) groups is 1. The molecule has 2 aromatic rings. The quantitative estimate of drug-likeness (QED) is 0.594. The smallest absolute Gasteiger partial charge is 0.342 e. The number of hydrogen-bond donors (Lipinski definition) is 1. The van der Waals surface area contributed by atoms with Crippen LogP contribution in [0.25, 0.3) is 6.08 Å². The normalized spacial score (nSPS) is 11.2. The Hall–Kier alpha value is -2.68. The average molecular weight is 352 g/mol. The molecular weight excluding hydrogens is 336 g/mol. The number of ether oxygens (including phenoxy) is 3. The zero-order valence-electron chi connectivity index (χ0n) is 13.5. The second-order valence-corrected chi connectivity index (χ2v) is 5.45. The van der Waals surface area contributed by atoms with Crippen molar-refractivity contribution in [3.63, 3.8) is 0 Å². The second-order valence-electron chi connectivity index (χ2n) is 4.46. The van der Waals surface area contributed by atoms with E-state index >= 15 is 0 Å². The molecule has 0 fully saturated rings. The molecule has 0 saturated heterocycles. The Kier molecular flexibility index (Phi) is 5.69. The predicted octanol–water partition coefficient (Wildman–Crippen LogP) is 2.62. The molecule has 0 radical (unpaired) electrons. The fourth-order valence-electron chi connectivity index (χ4n) is 1.88. The first-order valence-corrected chi connectivity index (χ1v) is 7.53. The molecule has 0 spiro atoms. The van der Waals surface area contributed by atoms with Crippen molar-refractivity contribution in [3.8, 4) is 17.2 Å². The summed E-state index contributed by atoms with van der Waals surface area (Å²) in [5, 5.41) is 17.0. The van der Waals surface area contributed by atoms with Gasteiger partial charge in [0.2, 0.25) is 11.6 Å². The van der Waals surface area contributed by atoms with Crippen LogP contribution in [0, 0.1) is 6.92 Å². The van der Waals surface area contributed by atoms with E-state index in [0.717, 1.165) is 11.8 Å². The SMILES string of the molecule is COc1cc(/C=C(/Sc2nnc(C)o2)C(=O)O)cc(OC)c1OC. The fraction of sp³-hybridized carbons (Fsp3) is 0.267. The summed E-state index contributed by atoms with van der Waals surface area (Å²) in [5.74, 6) is 0.506. The highest BCUT2D eigenvalue weighted by atomic mass is 32.2. The molecule has 0 aliphatic rings. The number of aryl methyl sites for hydroxylation is 1. The van der Waals surface area contributed by atoms with E-state index in [2.05, 4.69) is 10.2 Å². The first kappa shape index (κ1) is 17.7. The Balaban J connectivity index is 2.43. The van der Waals surface area contributed by atoms with Crippen LogP contribution < -0.4 is 14.2 Å². The molecule has 128 valence electrons. The lowest BCUT2D eigenvalue weighted by Gasteiger charge is -2.13. The molecular formula is C15H16N2O6S. The summed E-state index contributed by atoms with van der Waals surface area (Å²) in [6, 6.07) is 3.29. The van der Waals surface area contributed by atoms with Gasteiger partial charge in [0.15, 0.2) is 11.5 Å². The molecule has 1 heterocycles. The molecule has 0 amide bonds. The number of aromatic nitrogens is 2. The van der Waals surface area contributed by atoms with E-state index in [1.54, 1.807) is 19.1 Å². The van der Waals surface area contributed by atoms with Gasteiger partial charge in [-0.25, -0.2) is 4.79 Å². The van der Waals surface area contributed by atoms with Gasteiger partial charge in [0.1, 0.15) is 4.91 Å². The van der Waals surface area contributed by atoms with Crippen LogP contribution in [0.5, 0.6) is 17.2 Å². The maximum atomic E-state index is 11.5. The van der Waals surface area contributed by atoms with E-state index < -0.39 is 5.97 Å². The summed E-state index contributed by atoms with van der Waals surface area (Å²) in [6.07, 6.45) is 1.46. The Morgan fingerprint density at radius 1 is 1.17 bits per heavy atom. The van der Waals surface area contributed by atoms with Crippen LogP contribution in [0.4, 0.5) is 0 Å². The average Bonchev–Trinajstić information content (AvgIpc) is 2.98. The number of rotatable bonds is 7. The molecule has 2 rings (SSSR count). The molecule has 1 aromatic carbocycles. The molecule has 8 nitrogen and oxygen atoms in total. The lowest BCUT2D eigenvalue weighted by Crippen LogP contribution is -1.98. The minimum atomic E-state index is -1.12. The molecule has 0 saturated carbocycles. The van der Waals surface area contributed by atoms with Crippen molar-refractivity contribution in [2.75, 3.05) is 21.3 Å². The van der Waals surface area contributed by atoms with Crippen molar-refractivity contribution in [1.29, 1.82) is 0 Å². The minimum absolute atomic E-state index is 0.00734. The number of carboxylic acids is 1. The summed E-state index contributed by atoms with van der Waals surface area (Å²) in [4.78, 5) is 11.5. The molecule has 9 heteroatoms. The molecule has 0 aliphatic heterocycles. The highest BCUT2D eigenvalue weighted by molar-refractivity contribution is 8.03. The van der Waals surface area contributed by atoms with Crippen molar-refractivity contribution in [2.24, 2.45) is 0 Å². The Labute approximate surface area is 142 Å². The van der Waals surface area contributed by atoms with Gasteiger partial charge in [0, 0.05) is 6.92 Å². The zero-order chi connectivity index (χ0) is 17.7. The van der Waals surface area contributed by atoms with Crippen molar-refractivity contribution in [3.05, 3.63) is 28.5 Å². The molecule has 1 aromatic heterocycles. The third-order valence-electron chi connectivity index (χ3n) is 2.90. The fourth-order valence-corrected chi connectivity index (χ4v) is 2.60. The van der Waals surface area contributed by atoms with Gasteiger partial charge < -0.3 is 23.7 Å². The van der Waals surface area contributed by atoms with Crippen LogP contribution in [-0.2, 0) is 4.79 Å². The van der Waals surface area contributed by atoms with Gasteiger partial charge >= 0.3 is 5.97 Å². The van der Waals surface area contributed by atoms with Gasteiger partial charge in [-0.15, -0.1) is 10.2 Å². The standard InChI is InChI=1S/C15H16N2O6S/c1-8-16-17-15(23-8)24-12(14(18)19)7-9-5-10(20-2)13(22-4)11(6-9)21-3/h5-7H,1-4H3,(H,18,19)/b12-7+. The van der Waals surface area contributed by atoms with Crippen molar-refractivity contribution in [1.82, 2.24) is 10.2 Å². The number of aliphatic carboxylic acids is 1. The van der Waals surface area contributed by atoms with Crippen LogP contribution >= 0.6 is 11.8 Å². The van der Waals surface area contributed by atoms with Gasteiger partial charge in [-0.3, -0.25) is 0 Å². The van der Waals surface area contributed by atoms with Gasteiger partial charge in [-0.2, -0.15) is 0 Å². The van der Waals surface area contributed by atoms with Crippen LogP contribution in [0.2, 0.25) is 0 Å². The third kappa shape index (κ3) is 3.99. The number of hydrogen-bond acceptors (Lipinski definition) is 8. The molecule has 0 atom stereocenters. The number of benzene rings is 1. The topological polar surface area (TPSA) is 104 Å². The molecule has 0 bridgehead atoms. The molecule has 1 N–H and O–H groups in total. The second kappa shape index (κ2) is 7.73. The van der Waals surface area contributed by atoms with Gasteiger partial charge in [0.05, 0.1) is 21.3 Å². The van der Waals surface area contributed by atoms with Gasteiger partial charge in [0.25, 0.3) is 5.22 Å². The Morgan fingerprint density at radius 2 is 1.79 bits per heavy atom. The van der Waals surface area contributed by atoms with E-state index in [-0.39, 0.29) is 10.1 Å². The zero-order valence-corrected chi connectivity index (χ0v) is 14.3. The van der Waals surface area contributed by atoms with E-state index in [1.807, 2.05) is 0 Å². The maximum Gasteiger partial charge on any atom is 0.342 e. The van der Waals surface area contributed by atoms with Crippen molar-refractivity contribution < 1.29 is 28.5 Å². The lowest BCUT2D eigenvalue weighted by atomic mass is 10.1. The monoisotopic (exact) mass is 352 g/mol. The van der Waals surface area contributed by atoms with E-state index in [0.29, 0.717) is 28.7 Å². The van der Waals surface area contributed by atoms with E-state index in [1.165, 1.54) is 27.4 Å². The highest BCUT2D eigenvalue weighted by Gasteiger charge is 2.17. The van der Waals surface area contributed by atoms with Crippen LogP contribution in [0.3, 0.4) is 0 Å². The summed E-state index contributed by atoms with van der Waals surface area (Å²) in [6.45, 7) is 1.63. The van der Waals surface area contributed by atoms with Crippen LogP contribution in [0.15, 0.2) is 26.7 Å². The Bertz CT molecular complexity index is 746. The summed E-state index contributed by atoms with van der Waals surface area (Å²) in [5.41, 5.74) is 0.561. The number of methoxy groups -OCH3 is 3. The summed E-state index contributed by atoms with van der Waals surface area (Å²) >= 11 is 0.858. The lowest BCUT2D eigenvalue weighted by molar-refractivity contribution is -0.131. The van der Waals surface area contributed by atoms with Crippen LogP contribution in [-0.4, -0.2) is 42.6 Å². The number of nitrogens with zero attached hydrogens (tertiary/aromatic N) is 2. The summed E-state index contributed by atoms with van der Waals surface area (Å²) < 4.78 is 20.9. The van der Waals surface area contributed by atoms with E-state index in [4.69, 9.17) is 18.6 Å². The largest absolute Gasteiger partial charge is 0.493 e. The van der Waals surface area contributed by atoms with Crippen molar-refractivity contribution >= 4 is 23.8 Å². The van der Waals surface area contributed by atoms with Crippen LogP contribution in [0.1, 0.15) is 11.5 Å². The first-order valence-electron chi connectivity index (χ1n) is 6.71.